The van der Waals surface area contributed by atoms with Gasteiger partial charge in [-0.2, -0.15) is 20.2 Å². The summed E-state index contributed by atoms with van der Waals surface area (Å²) >= 11 is 1.47. The van der Waals surface area contributed by atoms with Crippen LogP contribution in [0.15, 0.2) is 23.2 Å². The SMILES string of the molecule is C=CC(=O)N1CCN(c2cc(-c3noc([C@@]4(C)CCCc5sc(N)c(C#N)c54)n3)nc(OC[C@@H]3CC4(CC4)CN3C)n2)CC1. The van der Waals surface area contributed by atoms with E-state index in [4.69, 9.17) is 29.9 Å². The molecule has 3 fully saturated rings. The second-order valence-corrected chi connectivity index (χ2v) is 14.0. The summed E-state index contributed by atoms with van der Waals surface area (Å²) in [6.07, 6.45) is 7.63. The highest BCUT2D eigenvalue weighted by Crippen LogP contribution is 2.54. The smallest absolute Gasteiger partial charge is 0.319 e. The Labute approximate surface area is 260 Å². The van der Waals surface area contributed by atoms with E-state index in [0.29, 0.717) is 78.0 Å². The predicted octanol–water partition coefficient (Wildman–Crippen LogP) is 3.38. The number of aromatic nitrogens is 4. The molecular formula is C31H37N9O3S. The highest BCUT2D eigenvalue weighted by molar-refractivity contribution is 7.16. The number of rotatable bonds is 7. The van der Waals surface area contributed by atoms with Gasteiger partial charge in [0, 0.05) is 55.3 Å². The highest BCUT2D eigenvalue weighted by Gasteiger charge is 2.51. The average molecular weight is 616 g/mol. The molecule has 0 aromatic carbocycles. The van der Waals surface area contributed by atoms with Crippen LogP contribution in [-0.2, 0) is 16.6 Å². The molecule has 0 unspecified atom stereocenters. The van der Waals surface area contributed by atoms with Gasteiger partial charge in [0.15, 0.2) is 0 Å². The number of aryl methyl sites for hydroxylation is 1. The molecule has 1 amide bonds. The summed E-state index contributed by atoms with van der Waals surface area (Å²) in [5.41, 5.74) is 7.96. The molecule has 5 heterocycles. The van der Waals surface area contributed by atoms with E-state index >= 15 is 0 Å². The highest BCUT2D eigenvalue weighted by atomic mass is 32.1. The Bertz CT molecular complexity index is 1650. The molecule has 4 aliphatic rings. The van der Waals surface area contributed by atoms with Crippen molar-refractivity contribution in [2.24, 2.45) is 5.41 Å². The van der Waals surface area contributed by atoms with Crippen LogP contribution in [0.2, 0.25) is 0 Å². The molecule has 12 nitrogen and oxygen atoms in total. The fourth-order valence-corrected chi connectivity index (χ4v) is 8.37. The van der Waals surface area contributed by atoms with Gasteiger partial charge in [0.25, 0.3) is 0 Å². The van der Waals surface area contributed by atoms with Crippen LogP contribution >= 0.6 is 11.3 Å². The van der Waals surface area contributed by atoms with Gasteiger partial charge in [0.05, 0.1) is 11.0 Å². The third-order valence-corrected chi connectivity index (χ3v) is 11.0. The number of carbonyl (C=O) groups is 1. The monoisotopic (exact) mass is 615 g/mol. The van der Waals surface area contributed by atoms with Gasteiger partial charge in [-0.15, -0.1) is 11.3 Å². The first kappa shape index (κ1) is 28.7. The van der Waals surface area contributed by atoms with E-state index in [0.717, 1.165) is 42.7 Å². The first-order valence-corrected chi connectivity index (χ1v) is 16.1. The molecule has 2 N–H and O–H groups in total. The topological polar surface area (TPSA) is 151 Å². The number of hydrogen-bond acceptors (Lipinski definition) is 12. The lowest BCUT2D eigenvalue weighted by atomic mass is 9.72. The molecule has 2 saturated heterocycles. The minimum Gasteiger partial charge on any atom is -0.462 e. The molecule has 3 aromatic heterocycles. The third kappa shape index (κ3) is 4.99. The molecule has 2 atom stereocenters. The number of hydrogen-bond donors (Lipinski definition) is 1. The van der Waals surface area contributed by atoms with Crippen molar-refractivity contribution in [3.63, 3.8) is 0 Å². The molecule has 1 spiro atoms. The summed E-state index contributed by atoms with van der Waals surface area (Å²) < 4.78 is 12.2. The Balaban J connectivity index is 1.19. The van der Waals surface area contributed by atoms with Gasteiger partial charge in [-0.05, 0) is 64.0 Å². The summed E-state index contributed by atoms with van der Waals surface area (Å²) in [5.74, 6) is 1.38. The normalized spacial score (nSPS) is 24.2. The van der Waals surface area contributed by atoms with E-state index in [9.17, 15) is 10.1 Å². The number of nitrogen functional groups attached to an aromatic ring is 1. The zero-order valence-corrected chi connectivity index (χ0v) is 26.0. The van der Waals surface area contributed by atoms with Crippen LogP contribution in [0.4, 0.5) is 10.8 Å². The summed E-state index contributed by atoms with van der Waals surface area (Å²) in [7, 11) is 2.16. The lowest BCUT2D eigenvalue weighted by Crippen LogP contribution is -2.48. The Morgan fingerprint density at radius 3 is 2.77 bits per heavy atom. The number of nitrogens with zero attached hydrogens (tertiary/aromatic N) is 8. The Hall–Kier alpha value is -4.02. The molecule has 7 rings (SSSR count). The van der Waals surface area contributed by atoms with Crippen molar-refractivity contribution in [2.75, 3.05) is 57.0 Å². The van der Waals surface area contributed by atoms with Gasteiger partial charge in [0.1, 0.15) is 29.2 Å². The Morgan fingerprint density at radius 2 is 2.07 bits per heavy atom. The Morgan fingerprint density at radius 1 is 1.27 bits per heavy atom. The molecular weight excluding hydrogens is 578 g/mol. The number of piperazine rings is 1. The zero-order valence-electron chi connectivity index (χ0n) is 25.2. The number of anilines is 2. The van der Waals surface area contributed by atoms with E-state index in [1.54, 1.807) is 4.90 Å². The van der Waals surface area contributed by atoms with Crippen LogP contribution in [0.25, 0.3) is 11.5 Å². The minimum atomic E-state index is -0.632. The Kier molecular flexibility index (Phi) is 7.09. The molecule has 2 aliphatic heterocycles. The summed E-state index contributed by atoms with van der Waals surface area (Å²) in [5, 5.41) is 14.8. The van der Waals surface area contributed by atoms with Crippen molar-refractivity contribution in [3.05, 3.63) is 40.6 Å². The van der Waals surface area contributed by atoms with Gasteiger partial charge in [0.2, 0.25) is 17.6 Å². The van der Waals surface area contributed by atoms with Crippen LogP contribution in [0.1, 0.15) is 60.9 Å². The van der Waals surface area contributed by atoms with Crippen LogP contribution in [-0.4, -0.2) is 88.2 Å². The number of carbonyl (C=O) groups excluding carboxylic acids is 1. The molecule has 3 aromatic rings. The molecule has 44 heavy (non-hydrogen) atoms. The van der Waals surface area contributed by atoms with Gasteiger partial charge in [-0.25, -0.2) is 0 Å². The van der Waals surface area contributed by atoms with Crippen molar-refractivity contribution in [3.8, 4) is 23.6 Å². The van der Waals surface area contributed by atoms with Gasteiger partial charge in [-0.1, -0.05) is 11.7 Å². The number of ether oxygens (including phenoxy) is 1. The van der Waals surface area contributed by atoms with Crippen LogP contribution in [0.5, 0.6) is 6.01 Å². The molecule has 0 radical (unpaired) electrons. The van der Waals surface area contributed by atoms with Crippen molar-refractivity contribution in [1.82, 2.24) is 29.9 Å². The zero-order chi connectivity index (χ0) is 30.6. The lowest BCUT2D eigenvalue weighted by Gasteiger charge is -2.35. The van der Waals surface area contributed by atoms with Gasteiger partial charge < -0.3 is 24.8 Å². The molecule has 0 bridgehead atoms. The molecule has 13 heteroatoms. The molecule has 1 saturated carbocycles. The number of likely N-dealkylation sites (tertiary alicyclic amines) is 1. The van der Waals surface area contributed by atoms with Crippen molar-refractivity contribution < 1.29 is 14.1 Å². The van der Waals surface area contributed by atoms with E-state index < -0.39 is 5.41 Å². The number of nitrogens with two attached hydrogens (primary N) is 1. The standard InChI is InChI=1S/C31H37N9O3S/c1-4-24(41)40-12-10-39(11-13-40)23-14-21(34-29(35-23)42-17-19-15-31(8-9-31)18-38(19)3)27-36-28(43-37-27)30(2)7-5-6-22-25(30)20(16-32)26(33)44-22/h4,14,19H,1,5-13,15,17-18,33H2,2-3H3/t19-,30-/m0/s1. The predicted molar refractivity (Wildman–Crippen MR) is 165 cm³/mol. The minimum absolute atomic E-state index is 0.0724. The average Bonchev–Trinajstić information content (AvgIpc) is 3.33. The second kappa shape index (κ2) is 10.9. The maximum absolute atomic E-state index is 12.2. The van der Waals surface area contributed by atoms with Gasteiger partial charge >= 0.3 is 6.01 Å². The van der Waals surface area contributed by atoms with Crippen molar-refractivity contribution in [2.45, 2.75) is 56.9 Å². The number of likely N-dealkylation sites (N-methyl/N-ethyl adjacent to an activating group) is 1. The van der Waals surface area contributed by atoms with E-state index in [1.807, 2.05) is 13.0 Å². The first-order chi connectivity index (χ1) is 21.2. The van der Waals surface area contributed by atoms with Crippen LogP contribution in [0, 0.1) is 16.7 Å². The second-order valence-electron chi connectivity index (χ2n) is 12.9. The number of fused-ring (bicyclic) bond motifs is 1. The van der Waals surface area contributed by atoms with Gasteiger partial charge in [-0.3, -0.25) is 9.69 Å². The van der Waals surface area contributed by atoms with E-state index in [-0.39, 0.29) is 11.9 Å². The fraction of sp³-hybridized carbons (Fsp3) is 0.548. The largest absolute Gasteiger partial charge is 0.462 e. The fourth-order valence-electron chi connectivity index (χ4n) is 7.17. The maximum atomic E-state index is 12.2. The summed E-state index contributed by atoms with van der Waals surface area (Å²) in [6, 6.07) is 4.73. The number of thiophene rings is 1. The van der Waals surface area contributed by atoms with E-state index in [1.165, 1.54) is 30.3 Å². The first-order valence-electron chi connectivity index (χ1n) is 15.3. The summed E-state index contributed by atoms with van der Waals surface area (Å²) in [4.78, 5) is 33.9. The quantitative estimate of drug-likeness (QED) is 0.390. The lowest BCUT2D eigenvalue weighted by molar-refractivity contribution is -0.126. The van der Waals surface area contributed by atoms with E-state index in [2.05, 4.69) is 34.7 Å². The van der Waals surface area contributed by atoms with Crippen molar-refractivity contribution >= 4 is 28.1 Å². The maximum Gasteiger partial charge on any atom is 0.319 e. The van der Waals surface area contributed by atoms with Crippen molar-refractivity contribution in [1.29, 1.82) is 5.26 Å². The molecule has 2 aliphatic carbocycles. The number of nitriles is 1. The van der Waals surface area contributed by atoms with Crippen LogP contribution < -0.4 is 15.4 Å². The van der Waals surface area contributed by atoms with Crippen LogP contribution in [0.3, 0.4) is 0 Å². The third-order valence-electron chi connectivity index (χ3n) is 9.90. The molecule has 230 valence electrons. The number of amides is 1. The summed E-state index contributed by atoms with van der Waals surface area (Å²) in [6.45, 7) is 9.61.